The number of hydrogen-bond donors (Lipinski definition) is 0. The standard InChI is InChI=1S/C12H13ClO2/c1-8-5-6-11(15-8)12(14)9-3-2-4-10(13)7-9/h2-4,7-8,11H,5-6H2,1H3. The van der Waals surface area contributed by atoms with Crippen LogP contribution in [0.4, 0.5) is 0 Å². The average molecular weight is 225 g/mol. The SMILES string of the molecule is CC1CCC(C(=O)c2cccc(Cl)c2)O1. The summed E-state index contributed by atoms with van der Waals surface area (Å²) in [6, 6.07) is 7.02. The van der Waals surface area contributed by atoms with E-state index < -0.39 is 0 Å². The molecule has 1 heterocycles. The van der Waals surface area contributed by atoms with Crippen molar-refractivity contribution in [3.8, 4) is 0 Å². The summed E-state index contributed by atoms with van der Waals surface area (Å²) in [6.07, 6.45) is 1.68. The number of rotatable bonds is 2. The molecular weight excluding hydrogens is 212 g/mol. The van der Waals surface area contributed by atoms with E-state index in [1.165, 1.54) is 0 Å². The van der Waals surface area contributed by atoms with Gasteiger partial charge >= 0.3 is 0 Å². The smallest absolute Gasteiger partial charge is 0.191 e. The normalized spacial score (nSPS) is 25.5. The Labute approximate surface area is 94.2 Å². The predicted molar refractivity (Wildman–Crippen MR) is 59.4 cm³/mol. The predicted octanol–water partition coefficient (Wildman–Crippen LogP) is 3.09. The summed E-state index contributed by atoms with van der Waals surface area (Å²) in [7, 11) is 0. The van der Waals surface area contributed by atoms with Crippen molar-refractivity contribution in [3.05, 3.63) is 34.9 Å². The average Bonchev–Trinajstić information content (AvgIpc) is 2.64. The molecule has 1 aliphatic heterocycles. The van der Waals surface area contributed by atoms with Gasteiger partial charge in [0.2, 0.25) is 0 Å². The summed E-state index contributed by atoms with van der Waals surface area (Å²) >= 11 is 5.83. The molecule has 2 rings (SSSR count). The van der Waals surface area contributed by atoms with E-state index in [9.17, 15) is 4.79 Å². The Kier molecular flexibility index (Phi) is 3.08. The van der Waals surface area contributed by atoms with E-state index in [1.54, 1.807) is 24.3 Å². The molecule has 0 aliphatic carbocycles. The van der Waals surface area contributed by atoms with Gasteiger partial charge in [-0.25, -0.2) is 0 Å². The van der Waals surface area contributed by atoms with E-state index in [-0.39, 0.29) is 18.0 Å². The van der Waals surface area contributed by atoms with Crippen LogP contribution in [-0.4, -0.2) is 18.0 Å². The van der Waals surface area contributed by atoms with Crippen LogP contribution in [0.3, 0.4) is 0 Å². The van der Waals surface area contributed by atoms with Gasteiger partial charge in [0.25, 0.3) is 0 Å². The zero-order chi connectivity index (χ0) is 10.8. The van der Waals surface area contributed by atoms with Crippen LogP contribution in [0.1, 0.15) is 30.1 Å². The number of carbonyl (C=O) groups excluding carboxylic acids is 1. The van der Waals surface area contributed by atoms with Gasteiger partial charge in [0, 0.05) is 10.6 Å². The highest BCUT2D eigenvalue weighted by atomic mass is 35.5. The molecule has 2 nitrogen and oxygen atoms in total. The number of carbonyl (C=O) groups is 1. The highest BCUT2D eigenvalue weighted by Crippen LogP contribution is 2.23. The monoisotopic (exact) mass is 224 g/mol. The summed E-state index contributed by atoms with van der Waals surface area (Å²) < 4.78 is 5.52. The van der Waals surface area contributed by atoms with Crippen molar-refractivity contribution in [2.75, 3.05) is 0 Å². The fourth-order valence-electron chi connectivity index (χ4n) is 1.82. The summed E-state index contributed by atoms with van der Waals surface area (Å²) in [5.41, 5.74) is 0.640. The molecule has 0 amide bonds. The van der Waals surface area contributed by atoms with Crippen molar-refractivity contribution in [3.63, 3.8) is 0 Å². The van der Waals surface area contributed by atoms with E-state index >= 15 is 0 Å². The first-order valence-corrected chi connectivity index (χ1v) is 5.50. The molecule has 0 spiro atoms. The van der Waals surface area contributed by atoms with Crippen molar-refractivity contribution < 1.29 is 9.53 Å². The first-order chi connectivity index (χ1) is 7.16. The van der Waals surface area contributed by atoms with Gasteiger partial charge in [0.05, 0.1) is 6.10 Å². The molecular formula is C12H13ClO2. The Bertz CT molecular complexity index is 376. The number of hydrogen-bond acceptors (Lipinski definition) is 2. The molecule has 1 saturated heterocycles. The summed E-state index contributed by atoms with van der Waals surface area (Å²) in [5.74, 6) is 0.0434. The summed E-state index contributed by atoms with van der Waals surface area (Å²) in [4.78, 5) is 12.0. The van der Waals surface area contributed by atoms with Crippen molar-refractivity contribution in [2.45, 2.75) is 32.0 Å². The molecule has 3 heteroatoms. The minimum Gasteiger partial charge on any atom is -0.367 e. The summed E-state index contributed by atoms with van der Waals surface area (Å²) in [6.45, 7) is 1.99. The third kappa shape index (κ3) is 2.39. The van der Waals surface area contributed by atoms with Gasteiger partial charge < -0.3 is 4.74 Å². The fraction of sp³-hybridized carbons (Fsp3) is 0.417. The molecule has 0 radical (unpaired) electrons. The minimum atomic E-state index is -0.279. The molecule has 0 N–H and O–H groups in total. The Morgan fingerprint density at radius 1 is 1.47 bits per heavy atom. The molecule has 80 valence electrons. The Morgan fingerprint density at radius 3 is 2.87 bits per heavy atom. The minimum absolute atomic E-state index is 0.0434. The fourth-order valence-corrected chi connectivity index (χ4v) is 2.01. The molecule has 2 unspecified atom stereocenters. The third-order valence-corrected chi connectivity index (χ3v) is 2.87. The zero-order valence-electron chi connectivity index (χ0n) is 8.57. The molecule has 15 heavy (non-hydrogen) atoms. The van der Waals surface area contributed by atoms with Gasteiger partial charge in [-0.2, -0.15) is 0 Å². The lowest BCUT2D eigenvalue weighted by atomic mass is 10.0. The maximum Gasteiger partial charge on any atom is 0.191 e. The summed E-state index contributed by atoms with van der Waals surface area (Å²) in [5, 5.41) is 0.590. The molecule has 1 aromatic rings. The van der Waals surface area contributed by atoms with Crippen LogP contribution < -0.4 is 0 Å². The Morgan fingerprint density at radius 2 is 2.27 bits per heavy atom. The highest BCUT2D eigenvalue weighted by molar-refractivity contribution is 6.31. The maximum atomic E-state index is 12.0. The van der Waals surface area contributed by atoms with Gasteiger partial charge in [0.15, 0.2) is 5.78 Å². The van der Waals surface area contributed by atoms with Crippen LogP contribution in [0.5, 0.6) is 0 Å². The number of ether oxygens (including phenoxy) is 1. The van der Waals surface area contributed by atoms with Gasteiger partial charge in [-0.05, 0) is 31.9 Å². The number of Topliss-reactive ketones (excluding diaryl/α,β-unsaturated/α-hetero) is 1. The van der Waals surface area contributed by atoms with E-state index in [0.29, 0.717) is 10.6 Å². The van der Waals surface area contributed by atoms with E-state index in [2.05, 4.69) is 0 Å². The largest absolute Gasteiger partial charge is 0.367 e. The van der Waals surface area contributed by atoms with Crippen LogP contribution in [-0.2, 0) is 4.74 Å². The first kappa shape index (κ1) is 10.7. The topological polar surface area (TPSA) is 26.3 Å². The number of benzene rings is 1. The first-order valence-electron chi connectivity index (χ1n) is 5.12. The third-order valence-electron chi connectivity index (χ3n) is 2.63. The second-order valence-corrected chi connectivity index (χ2v) is 4.32. The lowest BCUT2D eigenvalue weighted by Crippen LogP contribution is -2.20. The molecule has 1 fully saturated rings. The van der Waals surface area contributed by atoms with Crippen LogP contribution in [0.15, 0.2) is 24.3 Å². The van der Waals surface area contributed by atoms with Gasteiger partial charge in [-0.1, -0.05) is 23.7 Å². The van der Waals surface area contributed by atoms with Crippen LogP contribution in [0.25, 0.3) is 0 Å². The van der Waals surface area contributed by atoms with Crippen LogP contribution in [0.2, 0.25) is 5.02 Å². The van der Waals surface area contributed by atoms with Crippen molar-refractivity contribution in [2.24, 2.45) is 0 Å². The zero-order valence-corrected chi connectivity index (χ0v) is 9.33. The van der Waals surface area contributed by atoms with Gasteiger partial charge in [0.1, 0.15) is 6.10 Å². The molecule has 2 atom stereocenters. The van der Waals surface area contributed by atoms with Gasteiger partial charge in [-0.15, -0.1) is 0 Å². The number of ketones is 1. The lowest BCUT2D eigenvalue weighted by Gasteiger charge is -2.09. The van der Waals surface area contributed by atoms with Crippen molar-refractivity contribution in [1.29, 1.82) is 0 Å². The van der Waals surface area contributed by atoms with Crippen molar-refractivity contribution >= 4 is 17.4 Å². The van der Waals surface area contributed by atoms with E-state index in [1.807, 2.05) is 6.92 Å². The van der Waals surface area contributed by atoms with E-state index in [4.69, 9.17) is 16.3 Å². The molecule has 0 aromatic heterocycles. The van der Waals surface area contributed by atoms with Crippen LogP contribution >= 0.6 is 11.6 Å². The number of halogens is 1. The Balaban J connectivity index is 2.14. The van der Waals surface area contributed by atoms with Gasteiger partial charge in [-0.3, -0.25) is 4.79 Å². The second kappa shape index (κ2) is 4.33. The van der Waals surface area contributed by atoms with Crippen molar-refractivity contribution in [1.82, 2.24) is 0 Å². The van der Waals surface area contributed by atoms with Crippen LogP contribution in [0, 0.1) is 0 Å². The highest BCUT2D eigenvalue weighted by Gasteiger charge is 2.28. The van der Waals surface area contributed by atoms with E-state index in [0.717, 1.165) is 12.8 Å². The lowest BCUT2D eigenvalue weighted by molar-refractivity contribution is 0.0433. The quantitative estimate of drug-likeness (QED) is 0.722. The molecule has 0 bridgehead atoms. The second-order valence-electron chi connectivity index (χ2n) is 3.89. The Hall–Kier alpha value is -0.860. The molecule has 1 aromatic carbocycles. The molecule has 0 saturated carbocycles. The molecule has 1 aliphatic rings. The maximum absolute atomic E-state index is 12.0.